The summed E-state index contributed by atoms with van der Waals surface area (Å²) in [6.45, 7) is 0.276. The van der Waals surface area contributed by atoms with Crippen molar-refractivity contribution in [2.45, 2.75) is 31.7 Å². The average Bonchev–Trinajstić information content (AvgIpc) is 2.97. The number of benzene rings is 2. The van der Waals surface area contributed by atoms with Crippen LogP contribution in [0.1, 0.15) is 24.0 Å². The molecule has 2 aromatic rings. The maximum atomic E-state index is 12.5. The summed E-state index contributed by atoms with van der Waals surface area (Å²) in [7, 11) is 0. The maximum absolute atomic E-state index is 12.5. The van der Waals surface area contributed by atoms with Gasteiger partial charge in [-0.2, -0.15) is 0 Å². The Labute approximate surface area is 142 Å². The van der Waals surface area contributed by atoms with Crippen molar-refractivity contribution in [2.24, 2.45) is 0 Å². The topological polar surface area (TPSA) is 46.6 Å². The van der Waals surface area contributed by atoms with Crippen molar-refractivity contribution < 1.29 is 14.3 Å². The van der Waals surface area contributed by atoms with E-state index >= 15 is 0 Å². The minimum absolute atomic E-state index is 0.144. The van der Waals surface area contributed by atoms with Crippen LogP contribution in [0.4, 0.5) is 4.79 Å². The normalized spacial score (nSPS) is 16.9. The molecule has 0 saturated carbocycles. The van der Waals surface area contributed by atoms with Crippen LogP contribution in [0.2, 0.25) is 0 Å². The van der Waals surface area contributed by atoms with Crippen molar-refractivity contribution in [3.63, 3.8) is 0 Å². The standard InChI is InChI=1S/C20H21NO3/c22-19(13-7-12-16-8-3-1-4-9-16)21-18(15-24-20(21)23)14-17-10-5-2-6-11-17/h1-6,8-11,18H,7,12-15H2/t18-/m0/s1. The summed E-state index contributed by atoms with van der Waals surface area (Å²) in [6.07, 6.45) is 2.04. The first-order valence-electron chi connectivity index (χ1n) is 8.30. The highest BCUT2D eigenvalue weighted by Crippen LogP contribution is 2.19. The molecule has 1 heterocycles. The zero-order valence-electron chi connectivity index (χ0n) is 13.6. The van der Waals surface area contributed by atoms with E-state index in [4.69, 9.17) is 4.74 Å². The molecule has 4 nitrogen and oxygen atoms in total. The zero-order chi connectivity index (χ0) is 16.8. The van der Waals surface area contributed by atoms with Crippen molar-refractivity contribution in [1.29, 1.82) is 0 Å². The zero-order valence-corrected chi connectivity index (χ0v) is 13.6. The number of amides is 2. The van der Waals surface area contributed by atoms with Crippen molar-refractivity contribution in [2.75, 3.05) is 6.61 Å². The summed E-state index contributed by atoms with van der Waals surface area (Å²) >= 11 is 0. The fraction of sp³-hybridized carbons (Fsp3) is 0.300. The molecule has 0 N–H and O–H groups in total. The molecule has 0 radical (unpaired) electrons. The largest absolute Gasteiger partial charge is 0.447 e. The van der Waals surface area contributed by atoms with Gasteiger partial charge in [-0.25, -0.2) is 9.69 Å². The lowest BCUT2D eigenvalue weighted by atomic mass is 10.0. The van der Waals surface area contributed by atoms with E-state index in [0.29, 0.717) is 12.8 Å². The number of hydrogen-bond donors (Lipinski definition) is 0. The van der Waals surface area contributed by atoms with Crippen LogP contribution in [-0.2, 0) is 22.4 Å². The second-order valence-corrected chi connectivity index (χ2v) is 6.02. The number of hydrogen-bond acceptors (Lipinski definition) is 3. The Hall–Kier alpha value is -2.62. The van der Waals surface area contributed by atoms with Gasteiger partial charge in [-0.05, 0) is 30.4 Å². The van der Waals surface area contributed by atoms with E-state index in [-0.39, 0.29) is 18.6 Å². The number of imide groups is 1. The van der Waals surface area contributed by atoms with Gasteiger partial charge in [0.15, 0.2) is 0 Å². The first-order chi connectivity index (χ1) is 11.7. The number of ether oxygens (including phenoxy) is 1. The van der Waals surface area contributed by atoms with Gasteiger partial charge in [0.05, 0.1) is 6.04 Å². The molecule has 0 aliphatic carbocycles. The monoisotopic (exact) mass is 323 g/mol. The van der Waals surface area contributed by atoms with E-state index in [9.17, 15) is 9.59 Å². The molecule has 1 saturated heterocycles. The highest BCUT2D eigenvalue weighted by atomic mass is 16.6. The van der Waals surface area contributed by atoms with Crippen molar-refractivity contribution in [3.05, 3.63) is 71.8 Å². The van der Waals surface area contributed by atoms with Gasteiger partial charge in [0.2, 0.25) is 5.91 Å². The van der Waals surface area contributed by atoms with Crippen LogP contribution in [0.5, 0.6) is 0 Å². The summed E-state index contributed by atoms with van der Waals surface area (Å²) in [6, 6.07) is 19.7. The minimum atomic E-state index is -0.513. The van der Waals surface area contributed by atoms with Crippen LogP contribution in [0.25, 0.3) is 0 Å². The first kappa shape index (κ1) is 16.2. The molecule has 2 aromatic carbocycles. The molecule has 2 amide bonds. The van der Waals surface area contributed by atoms with Crippen LogP contribution < -0.4 is 0 Å². The van der Waals surface area contributed by atoms with Crippen molar-refractivity contribution >= 4 is 12.0 Å². The molecule has 0 aromatic heterocycles. The third-order valence-electron chi connectivity index (χ3n) is 4.24. The van der Waals surface area contributed by atoms with E-state index in [1.54, 1.807) is 0 Å². The molecule has 0 bridgehead atoms. The second-order valence-electron chi connectivity index (χ2n) is 6.02. The average molecular weight is 323 g/mol. The van der Waals surface area contributed by atoms with Crippen molar-refractivity contribution in [1.82, 2.24) is 4.90 Å². The van der Waals surface area contributed by atoms with Gasteiger partial charge in [-0.3, -0.25) is 4.79 Å². The summed E-state index contributed by atoms with van der Waals surface area (Å²) in [5.41, 5.74) is 2.30. The Morgan fingerprint density at radius 1 is 1.00 bits per heavy atom. The molecule has 1 aliphatic heterocycles. The molecule has 4 heteroatoms. The van der Waals surface area contributed by atoms with Gasteiger partial charge in [0.25, 0.3) is 0 Å². The Balaban J connectivity index is 1.56. The van der Waals surface area contributed by atoms with Gasteiger partial charge in [-0.15, -0.1) is 0 Å². The summed E-state index contributed by atoms with van der Waals surface area (Å²) in [5, 5.41) is 0. The molecule has 24 heavy (non-hydrogen) atoms. The predicted molar refractivity (Wildman–Crippen MR) is 91.5 cm³/mol. The van der Waals surface area contributed by atoms with Gasteiger partial charge < -0.3 is 4.74 Å². The Morgan fingerprint density at radius 3 is 2.29 bits per heavy atom. The van der Waals surface area contributed by atoms with Gasteiger partial charge in [-0.1, -0.05) is 60.7 Å². The number of carbonyl (C=O) groups is 2. The number of rotatable bonds is 6. The summed E-state index contributed by atoms with van der Waals surface area (Å²) in [5.74, 6) is -0.144. The first-order valence-corrected chi connectivity index (χ1v) is 8.30. The van der Waals surface area contributed by atoms with E-state index in [1.165, 1.54) is 10.5 Å². The van der Waals surface area contributed by atoms with E-state index in [0.717, 1.165) is 18.4 Å². The molecule has 1 atom stereocenters. The summed E-state index contributed by atoms with van der Waals surface area (Å²) < 4.78 is 5.10. The lowest BCUT2D eigenvalue weighted by molar-refractivity contribution is -0.129. The second kappa shape index (κ2) is 7.77. The molecule has 124 valence electrons. The number of nitrogens with zero attached hydrogens (tertiary/aromatic N) is 1. The van der Waals surface area contributed by atoms with Crippen molar-refractivity contribution in [3.8, 4) is 0 Å². The van der Waals surface area contributed by atoms with Crippen LogP contribution in [-0.4, -0.2) is 29.5 Å². The van der Waals surface area contributed by atoms with Crippen LogP contribution >= 0.6 is 0 Å². The van der Waals surface area contributed by atoms with Gasteiger partial charge in [0, 0.05) is 6.42 Å². The Morgan fingerprint density at radius 2 is 1.62 bits per heavy atom. The molecular formula is C20H21NO3. The highest BCUT2D eigenvalue weighted by molar-refractivity contribution is 5.93. The molecule has 0 unspecified atom stereocenters. The lowest BCUT2D eigenvalue weighted by Gasteiger charge is -2.19. The molecule has 0 spiro atoms. The SMILES string of the molecule is O=C(CCCc1ccccc1)N1C(=O)OC[C@@H]1Cc1ccccc1. The molecular weight excluding hydrogens is 302 g/mol. The maximum Gasteiger partial charge on any atom is 0.416 e. The van der Waals surface area contributed by atoms with Gasteiger partial charge >= 0.3 is 6.09 Å². The fourth-order valence-electron chi connectivity index (χ4n) is 3.01. The van der Waals surface area contributed by atoms with E-state index in [1.807, 2.05) is 60.7 Å². The van der Waals surface area contributed by atoms with Crippen LogP contribution in [0, 0.1) is 0 Å². The predicted octanol–water partition coefficient (Wildman–Crippen LogP) is 3.60. The highest BCUT2D eigenvalue weighted by Gasteiger charge is 2.37. The summed E-state index contributed by atoms with van der Waals surface area (Å²) in [4.78, 5) is 25.7. The number of cyclic esters (lactones) is 1. The third-order valence-corrected chi connectivity index (χ3v) is 4.24. The smallest absolute Gasteiger partial charge is 0.416 e. The minimum Gasteiger partial charge on any atom is -0.447 e. The van der Waals surface area contributed by atoms with Crippen LogP contribution in [0.3, 0.4) is 0 Å². The van der Waals surface area contributed by atoms with E-state index in [2.05, 4.69) is 0 Å². The van der Waals surface area contributed by atoms with Gasteiger partial charge in [0.1, 0.15) is 6.61 Å². The Bertz CT molecular complexity index is 685. The number of aryl methyl sites for hydroxylation is 1. The van der Waals surface area contributed by atoms with Crippen LogP contribution in [0.15, 0.2) is 60.7 Å². The Kier molecular flexibility index (Phi) is 5.26. The third kappa shape index (κ3) is 4.02. The fourth-order valence-corrected chi connectivity index (χ4v) is 3.01. The van der Waals surface area contributed by atoms with E-state index < -0.39 is 6.09 Å². The lowest BCUT2D eigenvalue weighted by Crippen LogP contribution is -2.40. The molecule has 1 fully saturated rings. The quantitative estimate of drug-likeness (QED) is 0.816. The number of carbonyl (C=O) groups excluding carboxylic acids is 2. The molecule has 1 aliphatic rings. The molecule has 3 rings (SSSR count).